The van der Waals surface area contributed by atoms with Crippen molar-refractivity contribution in [1.82, 2.24) is 14.9 Å². The van der Waals surface area contributed by atoms with Crippen LogP contribution in [0.4, 0.5) is 5.82 Å². The summed E-state index contributed by atoms with van der Waals surface area (Å²) in [7, 11) is 2.10. The van der Waals surface area contributed by atoms with E-state index in [9.17, 15) is 4.79 Å². The van der Waals surface area contributed by atoms with Crippen LogP contribution in [0.3, 0.4) is 0 Å². The minimum atomic E-state index is -1.03. The average molecular weight is 236 g/mol. The summed E-state index contributed by atoms with van der Waals surface area (Å²) in [5.74, 6) is -0.439. The summed E-state index contributed by atoms with van der Waals surface area (Å²) in [6.07, 6.45) is 3.37. The Labute approximate surface area is 99.7 Å². The number of nitrogens with zero attached hydrogens (tertiary/aromatic N) is 3. The molecule has 2 heterocycles. The highest BCUT2D eigenvalue weighted by Crippen LogP contribution is 2.14. The number of hydrogen-bond donors (Lipinski definition) is 2. The van der Waals surface area contributed by atoms with E-state index >= 15 is 0 Å². The molecule has 2 N–H and O–H groups in total. The standard InChI is InChI=1S/C11H16N4O2/c1-15-4-2-8(3-5-15)14-10-6-9(11(16)17)12-7-13-10/h6-8H,2-5H2,1H3,(H,16,17)(H,12,13,14). The fourth-order valence-corrected chi connectivity index (χ4v) is 1.92. The molecule has 0 amide bonds. The highest BCUT2D eigenvalue weighted by Gasteiger charge is 2.17. The molecule has 0 radical (unpaired) electrons. The predicted octanol–water partition coefficient (Wildman–Crippen LogP) is 0.681. The van der Waals surface area contributed by atoms with Crippen LogP contribution in [-0.2, 0) is 0 Å². The van der Waals surface area contributed by atoms with Gasteiger partial charge in [0.2, 0.25) is 0 Å². The number of carboxylic acids is 1. The first-order chi connectivity index (χ1) is 8.15. The van der Waals surface area contributed by atoms with Crippen LogP contribution in [0.25, 0.3) is 0 Å². The van der Waals surface area contributed by atoms with E-state index in [1.165, 1.54) is 12.4 Å². The molecule has 0 saturated carbocycles. The maximum Gasteiger partial charge on any atom is 0.354 e. The summed E-state index contributed by atoms with van der Waals surface area (Å²) >= 11 is 0. The van der Waals surface area contributed by atoms with E-state index < -0.39 is 5.97 Å². The molecule has 1 saturated heterocycles. The zero-order valence-electron chi connectivity index (χ0n) is 9.76. The van der Waals surface area contributed by atoms with Gasteiger partial charge in [0.1, 0.15) is 12.1 Å². The zero-order valence-corrected chi connectivity index (χ0v) is 9.76. The predicted molar refractivity (Wildman–Crippen MR) is 63.1 cm³/mol. The quantitative estimate of drug-likeness (QED) is 0.803. The smallest absolute Gasteiger partial charge is 0.354 e. The van der Waals surface area contributed by atoms with Crippen LogP contribution in [0.15, 0.2) is 12.4 Å². The Morgan fingerprint density at radius 2 is 2.18 bits per heavy atom. The van der Waals surface area contributed by atoms with E-state index in [-0.39, 0.29) is 5.69 Å². The first-order valence-electron chi connectivity index (χ1n) is 5.65. The lowest BCUT2D eigenvalue weighted by atomic mass is 10.1. The monoisotopic (exact) mass is 236 g/mol. The summed E-state index contributed by atoms with van der Waals surface area (Å²) < 4.78 is 0. The lowest BCUT2D eigenvalue weighted by Crippen LogP contribution is -2.36. The van der Waals surface area contributed by atoms with Gasteiger partial charge in [0.15, 0.2) is 5.69 Å². The summed E-state index contributed by atoms with van der Waals surface area (Å²) in [4.78, 5) is 20.8. The van der Waals surface area contributed by atoms with Gasteiger partial charge in [0.05, 0.1) is 0 Å². The van der Waals surface area contributed by atoms with Crippen LogP contribution < -0.4 is 5.32 Å². The van der Waals surface area contributed by atoms with Gasteiger partial charge in [-0.1, -0.05) is 0 Å². The lowest BCUT2D eigenvalue weighted by molar-refractivity contribution is 0.0690. The van der Waals surface area contributed by atoms with Crippen molar-refractivity contribution in [3.05, 3.63) is 18.1 Å². The molecule has 1 aromatic heterocycles. The van der Waals surface area contributed by atoms with E-state index in [0.29, 0.717) is 11.9 Å². The van der Waals surface area contributed by atoms with Crippen molar-refractivity contribution in [1.29, 1.82) is 0 Å². The van der Waals surface area contributed by atoms with Crippen LogP contribution in [0, 0.1) is 0 Å². The molecule has 0 aromatic carbocycles. The van der Waals surface area contributed by atoms with E-state index in [4.69, 9.17) is 5.11 Å². The normalized spacial score (nSPS) is 17.9. The van der Waals surface area contributed by atoms with E-state index in [0.717, 1.165) is 25.9 Å². The number of piperidine rings is 1. The van der Waals surface area contributed by atoms with E-state index in [2.05, 4.69) is 27.2 Å². The molecule has 6 nitrogen and oxygen atoms in total. The maximum atomic E-state index is 10.8. The van der Waals surface area contributed by atoms with Gasteiger partial charge < -0.3 is 15.3 Å². The molecular formula is C11H16N4O2. The number of aromatic carboxylic acids is 1. The number of carbonyl (C=O) groups is 1. The summed E-state index contributed by atoms with van der Waals surface area (Å²) in [5.41, 5.74) is 0.0235. The molecule has 1 aliphatic rings. The van der Waals surface area contributed by atoms with Crippen LogP contribution in [0.2, 0.25) is 0 Å². The lowest BCUT2D eigenvalue weighted by Gasteiger charge is -2.29. The maximum absolute atomic E-state index is 10.8. The van der Waals surface area contributed by atoms with Crippen molar-refractivity contribution in [3.63, 3.8) is 0 Å². The van der Waals surface area contributed by atoms with Crippen LogP contribution in [-0.4, -0.2) is 52.1 Å². The number of anilines is 1. The van der Waals surface area contributed by atoms with Gasteiger partial charge in [-0.3, -0.25) is 0 Å². The number of nitrogens with one attached hydrogen (secondary N) is 1. The Morgan fingerprint density at radius 3 is 2.82 bits per heavy atom. The van der Waals surface area contributed by atoms with Gasteiger partial charge in [-0.2, -0.15) is 0 Å². The molecule has 1 aliphatic heterocycles. The molecule has 0 bridgehead atoms. The number of hydrogen-bond acceptors (Lipinski definition) is 5. The highest BCUT2D eigenvalue weighted by molar-refractivity contribution is 5.86. The molecular weight excluding hydrogens is 220 g/mol. The Hall–Kier alpha value is -1.69. The third kappa shape index (κ3) is 3.13. The van der Waals surface area contributed by atoms with Gasteiger partial charge in [-0.05, 0) is 33.0 Å². The van der Waals surface area contributed by atoms with E-state index in [1.54, 1.807) is 0 Å². The first-order valence-corrected chi connectivity index (χ1v) is 5.65. The minimum absolute atomic E-state index is 0.0235. The Bertz CT molecular complexity index is 402. The molecule has 0 aliphatic carbocycles. The second-order valence-corrected chi connectivity index (χ2v) is 4.32. The third-order valence-electron chi connectivity index (χ3n) is 2.96. The van der Waals surface area contributed by atoms with Crippen LogP contribution in [0.1, 0.15) is 23.3 Å². The van der Waals surface area contributed by atoms with Gasteiger partial charge in [-0.25, -0.2) is 14.8 Å². The topological polar surface area (TPSA) is 78.4 Å². The van der Waals surface area contributed by atoms with Gasteiger partial charge >= 0.3 is 5.97 Å². The van der Waals surface area contributed by atoms with Crippen molar-refractivity contribution >= 4 is 11.8 Å². The molecule has 0 spiro atoms. The SMILES string of the molecule is CN1CCC(Nc2cc(C(=O)O)ncn2)CC1. The second-order valence-electron chi connectivity index (χ2n) is 4.32. The van der Waals surface area contributed by atoms with Gasteiger partial charge in [0.25, 0.3) is 0 Å². The van der Waals surface area contributed by atoms with Crippen molar-refractivity contribution in [3.8, 4) is 0 Å². The third-order valence-corrected chi connectivity index (χ3v) is 2.96. The Kier molecular flexibility index (Phi) is 3.53. The molecule has 92 valence electrons. The zero-order chi connectivity index (χ0) is 12.3. The number of likely N-dealkylation sites (tertiary alicyclic amines) is 1. The summed E-state index contributed by atoms with van der Waals surface area (Å²) in [6, 6.07) is 1.84. The molecule has 1 fully saturated rings. The van der Waals surface area contributed by atoms with Crippen LogP contribution in [0.5, 0.6) is 0 Å². The van der Waals surface area contributed by atoms with Crippen molar-refractivity contribution in [2.75, 3.05) is 25.5 Å². The van der Waals surface area contributed by atoms with Crippen LogP contribution >= 0.6 is 0 Å². The Morgan fingerprint density at radius 1 is 1.47 bits per heavy atom. The van der Waals surface area contributed by atoms with Crippen molar-refractivity contribution < 1.29 is 9.90 Å². The second kappa shape index (κ2) is 5.09. The van der Waals surface area contributed by atoms with Crippen molar-refractivity contribution in [2.24, 2.45) is 0 Å². The molecule has 17 heavy (non-hydrogen) atoms. The fourth-order valence-electron chi connectivity index (χ4n) is 1.92. The molecule has 2 rings (SSSR count). The summed E-state index contributed by atoms with van der Waals surface area (Å²) in [5, 5.41) is 12.1. The number of carboxylic acid groups (broad SMARTS) is 1. The first kappa shape index (κ1) is 11.8. The molecule has 0 unspecified atom stereocenters. The van der Waals surface area contributed by atoms with Gasteiger partial charge in [0, 0.05) is 12.1 Å². The summed E-state index contributed by atoms with van der Waals surface area (Å²) in [6.45, 7) is 2.10. The largest absolute Gasteiger partial charge is 0.477 e. The van der Waals surface area contributed by atoms with Crippen molar-refractivity contribution in [2.45, 2.75) is 18.9 Å². The number of aromatic nitrogens is 2. The fraction of sp³-hybridized carbons (Fsp3) is 0.545. The minimum Gasteiger partial charge on any atom is -0.477 e. The highest BCUT2D eigenvalue weighted by atomic mass is 16.4. The number of rotatable bonds is 3. The van der Waals surface area contributed by atoms with E-state index in [1.807, 2.05) is 0 Å². The average Bonchev–Trinajstić information content (AvgIpc) is 2.32. The molecule has 6 heteroatoms. The van der Waals surface area contributed by atoms with Gasteiger partial charge in [-0.15, -0.1) is 0 Å². The molecule has 0 atom stereocenters. The Balaban J connectivity index is 1.98. The molecule has 1 aromatic rings.